The first-order valence-corrected chi connectivity index (χ1v) is 8.68. The van der Waals surface area contributed by atoms with Crippen molar-refractivity contribution in [2.24, 2.45) is 0 Å². The Morgan fingerprint density at radius 2 is 1.90 bits per heavy atom. The van der Waals surface area contributed by atoms with Gasteiger partial charge in [-0.2, -0.15) is 0 Å². The Morgan fingerprint density at radius 1 is 1.19 bits per heavy atom. The van der Waals surface area contributed by atoms with Crippen molar-refractivity contribution >= 4 is 0 Å². The third-order valence-electron chi connectivity index (χ3n) is 5.41. The molecular formula is C19H32N2. The van der Waals surface area contributed by atoms with Crippen LogP contribution in [0.1, 0.15) is 57.6 Å². The lowest BCUT2D eigenvalue weighted by molar-refractivity contribution is 0.0226. The molecule has 1 aromatic rings. The number of hydrogen-bond acceptors (Lipinski definition) is 2. The molecule has 21 heavy (non-hydrogen) atoms. The summed E-state index contributed by atoms with van der Waals surface area (Å²) in [4.78, 5) is 2.76. The molecule has 1 saturated heterocycles. The fourth-order valence-corrected chi connectivity index (χ4v) is 3.68. The van der Waals surface area contributed by atoms with Crippen molar-refractivity contribution in [2.75, 3.05) is 13.1 Å². The van der Waals surface area contributed by atoms with Crippen LogP contribution >= 0.6 is 0 Å². The number of nitrogens with zero attached hydrogens (tertiary/aromatic N) is 1. The van der Waals surface area contributed by atoms with Crippen LogP contribution in [0.25, 0.3) is 0 Å². The Bertz CT molecular complexity index is 437. The maximum Gasteiger partial charge on any atom is 0.0333 e. The van der Waals surface area contributed by atoms with Gasteiger partial charge < -0.3 is 5.32 Å². The molecule has 2 heteroatoms. The quantitative estimate of drug-likeness (QED) is 0.847. The Labute approximate surface area is 130 Å². The zero-order chi connectivity index (χ0) is 15.3. The van der Waals surface area contributed by atoms with Crippen molar-refractivity contribution in [3.8, 4) is 0 Å². The van der Waals surface area contributed by atoms with E-state index in [9.17, 15) is 0 Å². The Hall–Kier alpha value is -0.860. The molecule has 0 aromatic heterocycles. The lowest BCUT2D eigenvalue weighted by atomic mass is 9.86. The van der Waals surface area contributed by atoms with Gasteiger partial charge in [0.25, 0.3) is 0 Å². The molecule has 1 aliphatic heterocycles. The standard InChI is InChI=1S/C19H32N2/c1-5-10-18-14-21(19(6-2,7-3)15-20-18)13-17-12-9-8-11-16(17)4/h8-9,11-12,18,20H,5-7,10,13-15H2,1-4H3. The van der Waals surface area contributed by atoms with Gasteiger partial charge in [-0.15, -0.1) is 0 Å². The van der Waals surface area contributed by atoms with E-state index in [4.69, 9.17) is 0 Å². The van der Waals surface area contributed by atoms with Gasteiger partial charge in [0.2, 0.25) is 0 Å². The molecule has 0 amide bonds. The van der Waals surface area contributed by atoms with Crippen LogP contribution in [-0.2, 0) is 6.54 Å². The number of rotatable bonds is 6. The summed E-state index contributed by atoms with van der Waals surface area (Å²) in [6.07, 6.45) is 5.00. The fourth-order valence-electron chi connectivity index (χ4n) is 3.68. The van der Waals surface area contributed by atoms with Crippen LogP contribution in [0.3, 0.4) is 0 Å². The first kappa shape index (κ1) is 16.5. The molecule has 2 nitrogen and oxygen atoms in total. The zero-order valence-corrected chi connectivity index (χ0v) is 14.3. The molecule has 0 bridgehead atoms. The first-order valence-electron chi connectivity index (χ1n) is 8.68. The predicted molar refractivity (Wildman–Crippen MR) is 91.6 cm³/mol. The largest absolute Gasteiger partial charge is 0.311 e. The highest BCUT2D eigenvalue weighted by molar-refractivity contribution is 5.26. The van der Waals surface area contributed by atoms with E-state index in [1.54, 1.807) is 0 Å². The normalized spacial score (nSPS) is 22.4. The van der Waals surface area contributed by atoms with Gasteiger partial charge in [0.1, 0.15) is 0 Å². The van der Waals surface area contributed by atoms with Crippen LogP contribution in [-0.4, -0.2) is 29.6 Å². The van der Waals surface area contributed by atoms with Gasteiger partial charge in [0, 0.05) is 31.2 Å². The van der Waals surface area contributed by atoms with Crippen LogP contribution in [0.5, 0.6) is 0 Å². The third-order valence-corrected chi connectivity index (χ3v) is 5.41. The van der Waals surface area contributed by atoms with E-state index in [1.165, 1.54) is 43.4 Å². The Balaban J connectivity index is 2.19. The van der Waals surface area contributed by atoms with E-state index < -0.39 is 0 Å². The van der Waals surface area contributed by atoms with Crippen LogP contribution in [0.2, 0.25) is 0 Å². The summed E-state index contributed by atoms with van der Waals surface area (Å²) in [5, 5.41) is 3.80. The average molecular weight is 288 g/mol. The summed E-state index contributed by atoms with van der Waals surface area (Å²) in [5.41, 5.74) is 3.23. The molecule has 1 aliphatic rings. The van der Waals surface area contributed by atoms with Gasteiger partial charge >= 0.3 is 0 Å². The number of hydrogen-bond donors (Lipinski definition) is 1. The van der Waals surface area contributed by atoms with E-state index >= 15 is 0 Å². The summed E-state index contributed by atoms with van der Waals surface area (Å²) in [7, 11) is 0. The van der Waals surface area contributed by atoms with Gasteiger partial charge in [0.05, 0.1) is 0 Å². The number of benzene rings is 1. The smallest absolute Gasteiger partial charge is 0.0333 e. The second-order valence-corrected chi connectivity index (χ2v) is 6.60. The fraction of sp³-hybridized carbons (Fsp3) is 0.684. The van der Waals surface area contributed by atoms with E-state index in [2.05, 4.69) is 62.2 Å². The third kappa shape index (κ3) is 3.67. The van der Waals surface area contributed by atoms with E-state index in [0.29, 0.717) is 11.6 Å². The number of nitrogens with one attached hydrogen (secondary N) is 1. The SMILES string of the molecule is CCCC1CN(Cc2ccccc2C)C(CC)(CC)CN1. The molecule has 0 spiro atoms. The van der Waals surface area contributed by atoms with E-state index in [1.807, 2.05) is 0 Å². The van der Waals surface area contributed by atoms with Crippen molar-refractivity contribution in [1.82, 2.24) is 10.2 Å². The molecule has 1 heterocycles. The summed E-state index contributed by atoms with van der Waals surface area (Å²) < 4.78 is 0. The molecule has 2 rings (SSSR count). The molecule has 1 atom stereocenters. The molecule has 0 radical (unpaired) electrons. The number of piperazine rings is 1. The monoisotopic (exact) mass is 288 g/mol. The Morgan fingerprint density at radius 3 is 2.52 bits per heavy atom. The van der Waals surface area contributed by atoms with Crippen LogP contribution in [0.4, 0.5) is 0 Å². The molecule has 1 N–H and O–H groups in total. The summed E-state index contributed by atoms with van der Waals surface area (Å²) in [5.74, 6) is 0. The molecular weight excluding hydrogens is 256 g/mol. The molecule has 1 fully saturated rings. The van der Waals surface area contributed by atoms with Gasteiger partial charge in [-0.1, -0.05) is 51.5 Å². The molecule has 0 aliphatic carbocycles. The minimum absolute atomic E-state index is 0.326. The second-order valence-electron chi connectivity index (χ2n) is 6.60. The molecule has 1 unspecified atom stereocenters. The minimum Gasteiger partial charge on any atom is -0.311 e. The van der Waals surface area contributed by atoms with Gasteiger partial charge in [-0.05, 0) is 37.3 Å². The van der Waals surface area contributed by atoms with Crippen molar-refractivity contribution in [3.63, 3.8) is 0 Å². The van der Waals surface area contributed by atoms with Crippen LogP contribution in [0, 0.1) is 6.92 Å². The summed E-state index contributed by atoms with van der Waals surface area (Å²) in [6.45, 7) is 12.6. The van der Waals surface area contributed by atoms with Gasteiger partial charge in [-0.3, -0.25) is 4.90 Å². The zero-order valence-electron chi connectivity index (χ0n) is 14.3. The van der Waals surface area contributed by atoms with Crippen molar-refractivity contribution in [3.05, 3.63) is 35.4 Å². The lowest BCUT2D eigenvalue weighted by Crippen LogP contribution is -2.63. The highest BCUT2D eigenvalue weighted by atomic mass is 15.3. The average Bonchev–Trinajstić information content (AvgIpc) is 2.51. The first-order chi connectivity index (χ1) is 10.1. The predicted octanol–water partition coefficient (Wildman–Crippen LogP) is 4.13. The minimum atomic E-state index is 0.326. The summed E-state index contributed by atoms with van der Waals surface area (Å²) in [6, 6.07) is 9.50. The second kappa shape index (κ2) is 7.42. The van der Waals surface area contributed by atoms with Gasteiger partial charge in [0.15, 0.2) is 0 Å². The molecule has 118 valence electrons. The maximum atomic E-state index is 3.80. The van der Waals surface area contributed by atoms with Crippen molar-refractivity contribution in [1.29, 1.82) is 0 Å². The lowest BCUT2D eigenvalue weighted by Gasteiger charge is -2.50. The molecule has 1 aromatic carbocycles. The van der Waals surface area contributed by atoms with Gasteiger partial charge in [-0.25, -0.2) is 0 Å². The van der Waals surface area contributed by atoms with E-state index in [-0.39, 0.29) is 0 Å². The van der Waals surface area contributed by atoms with E-state index in [0.717, 1.165) is 13.1 Å². The van der Waals surface area contributed by atoms with Crippen LogP contribution in [0.15, 0.2) is 24.3 Å². The number of aryl methyl sites for hydroxylation is 1. The topological polar surface area (TPSA) is 15.3 Å². The molecule has 0 saturated carbocycles. The summed E-state index contributed by atoms with van der Waals surface area (Å²) >= 11 is 0. The Kier molecular flexibility index (Phi) is 5.83. The van der Waals surface area contributed by atoms with Crippen molar-refractivity contribution < 1.29 is 0 Å². The maximum absolute atomic E-state index is 3.80. The highest BCUT2D eigenvalue weighted by Gasteiger charge is 2.38. The highest BCUT2D eigenvalue weighted by Crippen LogP contribution is 2.30. The van der Waals surface area contributed by atoms with Crippen LogP contribution < -0.4 is 5.32 Å². The van der Waals surface area contributed by atoms with Crippen molar-refractivity contribution in [2.45, 2.75) is 71.5 Å².